The van der Waals surface area contributed by atoms with Crippen molar-refractivity contribution in [2.24, 2.45) is 0 Å². The van der Waals surface area contributed by atoms with Crippen molar-refractivity contribution < 1.29 is 8.78 Å². The van der Waals surface area contributed by atoms with Gasteiger partial charge in [0.15, 0.2) is 0 Å². The molecular formula is C15H14BrF2N. The number of hydrogen-bond acceptors (Lipinski definition) is 1. The van der Waals surface area contributed by atoms with Gasteiger partial charge in [0.25, 0.3) is 0 Å². The zero-order chi connectivity index (χ0) is 14.0. The predicted octanol–water partition coefficient (Wildman–Crippen LogP) is 4.66. The number of pyridine rings is 1. The number of alkyl halides is 1. The summed E-state index contributed by atoms with van der Waals surface area (Å²) in [6.45, 7) is 3.59. The van der Waals surface area contributed by atoms with Crippen LogP contribution >= 0.6 is 15.9 Å². The highest BCUT2D eigenvalue weighted by atomic mass is 79.9. The smallest absolute Gasteiger partial charge is 0.130 e. The van der Waals surface area contributed by atoms with Crippen molar-refractivity contribution in [2.45, 2.75) is 25.1 Å². The molecule has 0 amide bonds. The third-order valence-electron chi connectivity index (χ3n) is 2.98. The Kier molecular flexibility index (Phi) is 4.30. The monoisotopic (exact) mass is 325 g/mol. The standard InChI is InChI=1S/C15H14BrF2N/c1-9-3-4-11(19-8-9)6-13(16)12-5-10(2)14(17)7-15(12)18/h3-5,7-8,13H,6H2,1-2H3. The van der Waals surface area contributed by atoms with Gasteiger partial charge in [-0.15, -0.1) is 0 Å². The Bertz CT molecular complexity index is 581. The summed E-state index contributed by atoms with van der Waals surface area (Å²) in [7, 11) is 0. The fourth-order valence-electron chi connectivity index (χ4n) is 1.83. The van der Waals surface area contributed by atoms with E-state index in [-0.39, 0.29) is 4.83 Å². The summed E-state index contributed by atoms with van der Waals surface area (Å²) >= 11 is 3.45. The van der Waals surface area contributed by atoms with Crippen LogP contribution in [0.15, 0.2) is 30.5 Å². The molecule has 19 heavy (non-hydrogen) atoms. The fourth-order valence-corrected chi connectivity index (χ4v) is 2.51. The second-order valence-electron chi connectivity index (χ2n) is 4.62. The second-order valence-corrected chi connectivity index (χ2v) is 5.73. The first-order chi connectivity index (χ1) is 8.97. The van der Waals surface area contributed by atoms with Gasteiger partial charge in [0.1, 0.15) is 11.6 Å². The second kappa shape index (κ2) is 5.78. The summed E-state index contributed by atoms with van der Waals surface area (Å²) in [6.07, 6.45) is 2.34. The summed E-state index contributed by atoms with van der Waals surface area (Å²) in [5.41, 5.74) is 2.85. The molecule has 0 spiro atoms. The van der Waals surface area contributed by atoms with E-state index in [1.54, 1.807) is 13.1 Å². The van der Waals surface area contributed by atoms with Crippen LogP contribution in [0.4, 0.5) is 8.78 Å². The van der Waals surface area contributed by atoms with E-state index in [1.165, 1.54) is 6.07 Å². The molecule has 0 aliphatic heterocycles. The third-order valence-corrected chi connectivity index (χ3v) is 3.79. The summed E-state index contributed by atoms with van der Waals surface area (Å²) in [4.78, 5) is 4.07. The molecule has 0 aliphatic carbocycles. The molecule has 2 aromatic rings. The van der Waals surface area contributed by atoms with Crippen LogP contribution in [0.1, 0.15) is 27.2 Å². The fraction of sp³-hybridized carbons (Fsp3) is 0.267. The van der Waals surface area contributed by atoms with Crippen LogP contribution < -0.4 is 0 Å². The number of nitrogens with zero attached hydrogens (tertiary/aromatic N) is 1. The van der Waals surface area contributed by atoms with Crippen molar-refractivity contribution in [1.82, 2.24) is 4.98 Å². The van der Waals surface area contributed by atoms with E-state index in [4.69, 9.17) is 0 Å². The first-order valence-electron chi connectivity index (χ1n) is 5.98. The van der Waals surface area contributed by atoms with Gasteiger partial charge in [-0.3, -0.25) is 4.98 Å². The van der Waals surface area contributed by atoms with Gasteiger partial charge in [0.05, 0.1) is 0 Å². The first-order valence-corrected chi connectivity index (χ1v) is 6.90. The normalized spacial score (nSPS) is 12.5. The SMILES string of the molecule is Cc1ccc(CC(Br)c2cc(C)c(F)cc2F)nc1. The topological polar surface area (TPSA) is 12.9 Å². The molecule has 0 saturated heterocycles. The van der Waals surface area contributed by atoms with Crippen LogP contribution in [0.5, 0.6) is 0 Å². The van der Waals surface area contributed by atoms with Crippen molar-refractivity contribution in [2.75, 3.05) is 0 Å². The maximum Gasteiger partial charge on any atom is 0.130 e. The summed E-state index contributed by atoms with van der Waals surface area (Å²) in [5.74, 6) is -1.05. The lowest BCUT2D eigenvalue weighted by atomic mass is 10.0. The molecule has 4 heteroatoms. The molecular weight excluding hydrogens is 312 g/mol. The van der Waals surface area contributed by atoms with Gasteiger partial charge in [-0.2, -0.15) is 0 Å². The molecule has 1 aromatic carbocycles. The maximum atomic E-state index is 13.8. The minimum atomic E-state index is -0.530. The third kappa shape index (κ3) is 3.38. The van der Waals surface area contributed by atoms with Crippen LogP contribution in [0, 0.1) is 25.5 Å². The van der Waals surface area contributed by atoms with Crippen LogP contribution in [0.2, 0.25) is 0 Å². The first kappa shape index (κ1) is 14.1. The molecule has 0 N–H and O–H groups in total. The molecule has 0 radical (unpaired) electrons. The molecule has 0 aliphatic rings. The highest BCUT2D eigenvalue weighted by Crippen LogP contribution is 2.30. The summed E-state index contributed by atoms with van der Waals surface area (Å²) in [6, 6.07) is 6.35. The van der Waals surface area contributed by atoms with Gasteiger partial charge in [0.2, 0.25) is 0 Å². The zero-order valence-corrected chi connectivity index (χ0v) is 12.3. The molecule has 1 heterocycles. The number of aryl methyl sites for hydroxylation is 2. The number of halogens is 3. The average Bonchev–Trinajstić information content (AvgIpc) is 2.36. The Morgan fingerprint density at radius 1 is 1.16 bits per heavy atom. The van der Waals surface area contributed by atoms with Gasteiger partial charge in [-0.05, 0) is 37.1 Å². The Balaban J connectivity index is 2.22. The Morgan fingerprint density at radius 2 is 1.89 bits per heavy atom. The van der Waals surface area contributed by atoms with Gasteiger partial charge in [0, 0.05) is 34.8 Å². The molecule has 100 valence electrons. The summed E-state index contributed by atoms with van der Waals surface area (Å²) in [5, 5.41) is 0. The molecule has 2 rings (SSSR count). The van der Waals surface area contributed by atoms with E-state index in [9.17, 15) is 8.78 Å². The van der Waals surface area contributed by atoms with E-state index in [0.717, 1.165) is 17.3 Å². The molecule has 0 fully saturated rings. The molecule has 0 saturated carbocycles. The van der Waals surface area contributed by atoms with Crippen LogP contribution in [-0.2, 0) is 6.42 Å². The molecule has 0 bridgehead atoms. The number of hydrogen-bond donors (Lipinski definition) is 0. The average molecular weight is 326 g/mol. The Labute approximate surface area is 119 Å². The Hall–Kier alpha value is -1.29. The van der Waals surface area contributed by atoms with E-state index >= 15 is 0 Å². The maximum absolute atomic E-state index is 13.8. The number of benzene rings is 1. The van der Waals surface area contributed by atoms with Crippen molar-refractivity contribution in [3.05, 3.63) is 64.5 Å². The van der Waals surface area contributed by atoms with Gasteiger partial charge < -0.3 is 0 Å². The van der Waals surface area contributed by atoms with Crippen LogP contribution in [-0.4, -0.2) is 4.98 Å². The molecule has 1 aromatic heterocycles. The van der Waals surface area contributed by atoms with Gasteiger partial charge >= 0.3 is 0 Å². The highest BCUT2D eigenvalue weighted by molar-refractivity contribution is 9.09. The van der Waals surface area contributed by atoms with E-state index in [1.807, 2.05) is 19.1 Å². The van der Waals surface area contributed by atoms with Crippen molar-refractivity contribution in [1.29, 1.82) is 0 Å². The number of aromatic nitrogens is 1. The van der Waals surface area contributed by atoms with E-state index in [2.05, 4.69) is 20.9 Å². The van der Waals surface area contributed by atoms with Crippen LogP contribution in [0.3, 0.4) is 0 Å². The molecule has 1 unspecified atom stereocenters. The van der Waals surface area contributed by atoms with Crippen molar-refractivity contribution in [3.63, 3.8) is 0 Å². The van der Waals surface area contributed by atoms with E-state index < -0.39 is 11.6 Å². The largest absolute Gasteiger partial charge is 0.261 e. The highest BCUT2D eigenvalue weighted by Gasteiger charge is 2.16. The zero-order valence-electron chi connectivity index (χ0n) is 10.8. The minimum Gasteiger partial charge on any atom is -0.261 e. The lowest BCUT2D eigenvalue weighted by molar-refractivity contribution is 0.565. The lowest BCUT2D eigenvalue weighted by Crippen LogP contribution is -2.02. The Morgan fingerprint density at radius 3 is 2.53 bits per heavy atom. The summed E-state index contributed by atoms with van der Waals surface area (Å²) < 4.78 is 27.0. The van der Waals surface area contributed by atoms with E-state index in [0.29, 0.717) is 17.5 Å². The van der Waals surface area contributed by atoms with Crippen molar-refractivity contribution >= 4 is 15.9 Å². The molecule has 1 nitrogen and oxygen atoms in total. The number of rotatable bonds is 3. The predicted molar refractivity (Wildman–Crippen MR) is 75.4 cm³/mol. The lowest BCUT2D eigenvalue weighted by Gasteiger charge is -2.12. The molecule has 1 atom stereocenters. The van der Waals surface area contributed by atoms with Crippen molar-refractivity contribution in [3.8, 4) is 0 Å². The van der Waals surface area contributed by atoms with Gasteiger partial charge in [-0.1, -0.05) is 22.0 Å². The van der Waals surface area contributed by atoms with Gasteiger partial charge in [-0.25, -0.2) is 8.78 Å². The van der Waals surface area contributed by atoms with Crippen LogP contribution in [0.25, 0.3) is 0 Å². The minimum absolute atomic E-state index is 0.220. The quantitative estimate of drug-likeness (QED) is 0.748.